The number of anilines is 2. The largest absolute Gasteiger partial charge is 0.507 e. The lowest BCUT2D eigenvalue weighted by Crippen LogP contribution is -2.36. The molecule has 2 unspecified atom stereocenters. The average molecular weight is 542 g/mol. The topological polar surface area (TPSA) is 139 Å². The highest BCUT2D eigenvalue weighted by molar-refractivity contribution is 5.92. The first kappa shape index (κ1) is 25.4. The minimum Gasteiger partial charge on any atom is -0.507 e. The Labute approximate surface area is 229 Å². The fourth-order valence-electron chi connectivity index (χ4n) is 5.15. The number of aromatic carboxylic acids is 1. The number of fused-ring (bicyclic) bond motifs is 1. The smallest absolute Gasteiger partial charge is 0.339 e. The standard InChI is InChI=1S/C29H27N5O6/c35-24-15-25-22(14-21(24)29(37)38)27(28(40-25)18-4-2-1-3-5-18)23-16-34(32-31-23)17-26(36)30-19-6-8-20(9-7-19)33-10-12-39-13-11-33/h1-9,14-16,27-28,35H,10-13,17H2,(H,30,36)(H,37,38). The van der Waals surface area contributed by atoms with Gasteiger partial charge in [-0.15, -0.1) is 5.10 Å². The zero-order valence-electron chi connectivity index (χ0n) is 21.4. The molecule has 0 saturated carbocycles. The number of morpholine rings is 1. The number of aromatic nitrogens is 3. The third kappa shape index (κ3) is 5.06. The van der Waals surface area contributed by atoms with Crippen molar-refractivity contribution in [3.8, 4) is 11.5 Å². The van der Waals surface area contributed by atoms with Crippen LogP contribution < -0.4 is 15.0 Å². The van der Waals surface area contributed by atoms with E-state index in [1.54, 1.807) is 6.20 Å². The molecule has 2 atom stereocenters. The summed E-state index contributed by atoms with van der Waals surface area (Å²) < 4.78 is 13.0. The van der Waals surface area contributed by atoms with Crippen LogP contribution in [-0.2, 0) is 16.1 Å². The second-order valence-corrected chi connectivity index (χ2v) is 9.67. The van der Waals surface area contributed by atoms with Crippen LogP contribution in [0.3, 0.4) is 0 Å². The second-order valence-electron chi connectivity index (χ2n) is 9.67. The molecule has 4 aromatic rings. The monoisotopic (exact) mass is 541 g/mol. The molecular weight excluding hydrogens is 514 g/mol. The summed E-state index contributed by atoms with van der Waals surface area (Å²) in [5, 5.41) is 31.1. The van der Waals surface area contributed by atoms with Crippen LogP contribution >= 0.6 is 0 Å². The molecule has 0 aliphatic carbocycles. The summed E-state index contributed by atoms with van der Waals surface area (Å²) >= 11 is 0. The number of nitrogens with one attached hydrogen (secondary N) is 1. The number of hydrogen-bond acceptors (Lipinski definition) is 8. The summed E-state index contributed by atoms with van der Waals surface area (Å²) in [5.74, 6) is -2.02. The van der Waals surface area contributed by atoms with Crippen molar-refractivity contribution in [1.29, 1.82) is 0 Å². The maximum atomic E-state index is 12.8. The molecule has 0 spiro atoms. The Hall–Kier alpha value is -4.90. The second kappa shape index (κ2) is 10.7. The first-order chi connectivity index (χ1) is 19.5. The first-order valence-electron chi connectivity index (χ1n) is 12.9. The molecule has 6 rings (SSSR count). The van der Waals surface area contributed by atoms with Crippen molar-refractivity contribution in [1.82, 2.24) is 15.0 Å². The maximum Gasteiger partial charge on any atom is 0.339 e. The summed E-state index contributed by atoms with van der Waals surface area (Å²) in [6.45, 7) is 3.00. The lowest BCUT2D eigenvalue weighted by atomic mass is 9.88. The molecule has 3 N–H and O–H groups in total. The van der Waals surface area contributed by atoms with Crippen molar-refractivity contribution in [2.24, 2.45) is 0 Å². The van der Waals surface area contributed by atoms with Crippen LogP contribution in [0.15, 0.2) is 72.9 Å². The number of ether oxygens (including phenoxy) is 2. The Balaban J connectivity index is 1.20. The van der Waals surface area contributed by atoms with E-state index in [2.05, 4.69) is 20.5 Å². The fraction of sp³-hybridized carbons (Fsp3) is 0.241. The van der Waals surface area contributed by atoms with Crippen molar-refractivity contribution in [3.05, 3.63) is 95.3 Å². The highest BCUT2D eigenvalue weighted by Gasteiger charge is 2.40. The van der Waals surface area contributed by atoms with Crippen molar-refractivity contribution < 1.29 is 29.3 Å². The number of rotatable bonds is 7. The zero-order valence-corrected chi connectivity index (χ0v) is 21.4. The minimum atomic E-state index is -1.25. The molecule has 1 saturated heterocycles. The van der Waals surface area contributed by atoms with Gasteiger partial charge in [0.25, 0.3) is 0 Å². The van der Waals surface area contributed by atoms with E-state index >= 15 is 0 Å². The average Bonchev–Trinajstić information content (AvgIpc) is 3.57. The van der Waals surface area contributed by atoms with E-state index in [-0.39, 0.29) is 23.8 Å². The zero-order chi connectivity index (χ0) is 27.6. The predicted octanol–water partition coefficient (Wildman–Crippen LogP) is 3.42. The Morgan fingerprint density at radius 2 is 1.77 bits per heavy atom. The molecule has 204 valence electrons. The molecule has 2 aliphatic heterocycles. The van der Waals surface area contributed by atoms with Crippen LogP contribution in [0.2, 0.25) is 0 Å². The lowest BCUT2D eigenvalue weighted by molar-refractivity contribution is -0.116. The Kier molecular flexibility index (Phi) is 6.79. The van der Waals surface area contributed by atoms with Gasteiger partial charge in [0.1, 0.15) is 29.7 Å². The fourth-order valence-corrected chi connectivity index (χ4v) is 5.15. The van der Waals surface area contributed by atoms with E-state index < -0.39 is 18.0 Å². The van der Waals surface area contributed by atoms with Gasteiger partial charge in [-0.25, -0.2) is 9.48 Å². The molecule has 11 nitrogen and oxygen atoms in total. The van der Waals surface area contributed by atoms with E-state index in [0.29, 0.717) is 35.9 Å². The lowest BCUT2D eigenvalue weighted by Gasteiger charge is -2.28. The molecule has 2 aliphatic rings. The van der Waals surface area contributed by atoms with Gasteiger partial charge < -0.3 is 29.9 Å². The summed E-state index contributed by atoms with van der Waals surface area (Å²) in [6.07, 6.45) is 1.14. The van der Waals surface area contributed by atoms with Gasteiger partial charge in [-0.3, -0.25) is 4.79 Å². The summed E-state index contributed by atoms with van der Waals surface area (Å²) in [4.78, 5) is 26.7. The van der Waals surface area contributed by atoms with Crippen molar-refractivity contribution in [2.45, 2.75) is 18.6 Å². The molecule has 1 aromatic heterocycles. The van der Waals surface area contributed by atoms with Gasteiger partial charge in [0.05, 0.1) is 24.8 Å². The number of nitrogens with zero attached hydrogens (tertiary/aromatic N) is 4. The molecule has 40 heavy (non-hydrogen) atoms. The predicted molar refractivity (Wildman–Crippen MR) is 145 cm³/mol. The normalized spacial score (nSPS) is 18.1. The number of carbonyl (C=O) groups is 2. The molecule has 1 amide bonds. The van der Waals surface area contributed by atoms with E-state index in [9.17, 15) is 19.8 Å². The van der Waals surface area contributed by atoms with E-state index in [1.165, 1.54) is 16.8 Å². The third-order valence-electron chi connectivity index (χ3n) is 7.09. The number of carboxylic acids is 1. The quantitative estimate of drug-likeness (QED) is 0.321. The molecule has 0 radical (unpaired) electrons. The summed E-state index contributed by atoms with van der Waals surface area (Å²) in [5.41, 5.74) is 3.46. The van der Waals surface area contributed by atoms with Crippen LogP contribution in [0.4, 0.5) is 11.4 Å². The van der Waals surface area contributed by atoms with Gasteiger partial charge in [0.15, 0.2) is 0 Å². The molecular formula is C29H27N5O6. The third-order valence-corrected chi connectivity index (χ3v) is 7.09. The van der Waals surface area contributed by atoms with Gasteiger partial charge in [-0.2, -0.15) is 0 Å². The maximum absolute atomic E-state index is 12.8. The van der Waals surface area contributed by atoms with Crippen LogP contribution in [0.1, 0.15) is 39.2 Å². The number of phenols is 1. The van der Waals surface area contributed by atoms with Crippen molar-refractivity contribution >= 4 is 23.3 Å². The van der Waals surface area contributed by atoms with E-state index in [4.69, 9.17) is 9.47 Å². The SMILES string of the molecule is O=C(Cn1cc(C2c3cc(C(=O)O)c(O)cc3OC2c2ccccc2)nn1)Nc1ccc(N2CCOCC2)cc1. The highest BCUT2D eigenvalue weighted by atomic mass is 16.5. The molecule has 1 fully saturated rings. The number of aromatic hydroxyl groups is 1. The van der Waals surface area contributed by atoms with Crippen molar-refractivity contribution in [3.63, 3.8) is 0 Å². The highest BCUT2D eigenvalue weighted by Crippen LogP contribution is 2.50. The molecule has 3 aromatic carbocycles. The van der Waals surface area contributed by atoms with Crippen molar-refractivity contribution in [2.75, 3.05) is 36.5 Å². The molecule has 0 bridgehead atoms. The number of amides is 1. The Morgan fingerprint density at radius 1 is 1.02 bits per heavy atom. The minimum absolute atomic E-state index is 0.0649. The number of carbonyl (C=O) groups excluding carboxylic acids is 1. The van der Waals surface area contributed by atoms with Crippen LogP contribution in [0.5, 0.6) is 11.5 Å². The first-order valence-corrected chi connectivity index (χ1v) is 12.9. The van der Waals surface area contributed by atoms with E-state index in [0.717, 1.165) is 24.3 Å². The van der Waals surface area contributed by atoms with Gasteiger partial charge in [-0.05, 0) is 35.9 Å². The van der Waals surface area contributed by atoms with Gasteiger partial charge >= 0.3 is 5.97 Å². The summed E-state index contributed by atoms with van der Waals surface area (Å²) in [6, 6.07) is 19.9. The Morgan fingerprint density at radius 3 is 2.50 bits per heavy atom. The van der Waals surface area contributed by atoms with Gasteiger partial charge in [0.2, 0.25) is 5.91 Å². The molecule has 3 heterocycles. The van der Waals surface area contributed by atoms with Crippen LogP contribution in [-0.4, -0.2) is 63.4 Å². The van der Waals surface area contributed by atoms with Crippen LogP contribution in [0, 0.1) is 0 Å². The number of carboxylic acid groups (broad SMARTS) is 1. The summed E-state index contributed by atoms with van der Waals surface area (Å²) in [7, 11) is 0. The number of hydrogen-bond donors (Lipinski definition) is 3. The Bertz CT molecular complexity index is 1530. The molecule has 11 heteroatoms. The van der Waals surface area contributed by atoms with Gasteiger partial charge in [0, 0.05) is 42.3 Å². The van der Waals surface area contributed by atoms with Crippen LogP contribution in [0.25, 0.3) is 0 Å². The number of benzene rings is 3. The van der Waals surface area contributed by atoms with Gasteiger partial charge in [-0.1, -0.05) is 35.5 Å². The van der Waals surface area contributed by atoms with E-state index in [1.807, 2.05) is 54.6 Å².